The van der Waals surface area contributed by atoms with Crippen molar-refractivity contribution in [2.75, 3.05) is 7.11 Å². The van der Waals surface area contributed by atoms with Gasteiger partial charge in [0.05, 0.1) is 13.3 Å². The third-order valence-corrected chi connectivity index (χ3v) is 5.51. The molecule has 3 rings (SSSR count). The van der Waals surface area contributed by atoms with Crippen LogP contribution in [0.15, 0.2) is 57.4 Å². The van der Waals surface area contributed by atoms with E-state index in [1.807, 2.05) is 17.5 Å². The van der Waals surface area contributed by atoms with Crippen LogP contribution in [0.3, 0.4) is 0 Å². The van der Waals surface area contributed by atoms with Gasteiger partial charge in [0, 0.05) is 23.1 Å². The molecule has 6 nitrogen and oxygen atoms in total. The summed E-state index contributed by atoms with van der Waals surface area (Å²) in [5, 5.41) is 5.54. The van der Waals surface area contributed by atoms with Crippen molar-refractivity contribution in [1.29, 1.82) is 0 Å². The SMILES string of the molecule is COc1cc(-c2ccno2)ccc1S(=O)(=O)NCc1cccs1. The number of hydrogen-bond acceptors (Lipinski definition) is 6. The lowest BCUT2D eigenvalue weighted by Gasteiger charge is -2.11. The number of nitrogens with one attached hydrogen (secondary N) is 1. The number of rotatable bonds is 6. The number of benzene rings is 1. The minimum atomic E-state index is -3.68. The zero-order chi connectivity index (χ0) is 16.3. The van der Waals surface area contributed by atoms with Crippen molar-refractivity contribution in [2.45, 2.75) is 11.4 Å². The van der Waals surface area contributed by atoms with Gasteiger partial charge in [-0.2, -0.15) is 0 Å². The van der Waals surface area contributed by atoms with Gasteiger partial charge in [0.2, 0.25) is 10.0 Å². The molecule has 0 amide bonds. The fraction of sp³-hybridized carbons (Fsp3) is 0.133. The Kier molecular flexibility index (Phi) is 4.46. The highest BCUT2D eigenvalue weighted by atomic mass is 32.2. The first kappa shape index (κ1) is 15.7. The summed E-state index contributed by atoms with van der Waals surface area (Å²) in [4.78, 5) is 1.02. The average Bonchev–Trinajstić information content (AvgIpc) is 3.25. The minimum absolute atomic E-state index is 0.0832. The second kappa shape index (κ2) is 6.53. The molecule has 3 aromatic rings. The average molecular weight is 350 g/mol. The second-order valence-corrected chi connectivity index (χ2v) is 7.41. The molecule has 8 heteroatoms. The summed E-state index contributed by atoms with van der Waals surface area (Å²) < 4.78 is 37.8. The Labute approximate surface area is 137 Å². The molecule has 2 aromatic heterocycles. The normalized spacial score (nSPS) is 11.5. The molecule has 0 unspecified atom stereocenters. The van der Waals surface area contributed by atoms with E-state index in [2.05, 4.69) is 9.88 Å². The van der Waals surface area contributed by atoms with Gasteiger partial charge in [-0.05, 0) is 29.6 Å². The van der Waals surface area contributed by atoms with Gasteiger partial charge >= 0.3 is 0 Å². The molecule has 0 radical (unpaired) electrons. The van der Waals surface area contributed by atoms with Crippen molar-refractivity contribution in [3.63, 3.8) is 0 Å². The maximum atomic E-state index is 12.5. The molecule has 1 N–H and O–H groups in total. The van der Waals surface area contributed by atoms with Gasteiger partial charge in [-0.25, -0.2) is 13.1 Å². The van der Waals surface area contributed by atoms with Crippen molar-refractivity contribution in [1.82, 2.24) is 9.88 Å². The standard InChI is InChI=1S/C15H14N2O4S2/c1-20-14-9-11(13-6-7-16-21-13)4-5-15(14)23(18,19)17-10-12-3-2-8-22-12/h2-9,17H,10H2,1H3. The van der Waals surface area contributed by atoms with Gasteiger partial charge < -0.3 is 9.26 Å². The van der Waals surface area contributed by atoms with Crippen LogP contribution in [0.1, 0.15) is 4.88 Å². The first-order valence-corrected chi connectivity index (χ1v) is 9.07. The monoisotopic (exact) mass is 350 g/mol. The summed E-state index contributed by atoms with van der Waals surface area (Å²) in [5.74, 6) is 0.788. The number of hydrogen-bond donors (Lipinski definition) is 1. The number of sulfonamides is 1. The molecule has 0 saturated heterocycles. The Hall–Kier alpha value is -2.16. The molecule has 120 valence electrons. The summed E-state index contributed by atoms with van der Waals surface area (Å²) in [7, 11) is -2.25. The highest BCUT2D eigenvalue weighted by Gasteiger charge is 2.20. The van der Waals surface area contributed by atoms with E-state index in [1.54, 1.807) is 18.2 Å². The van der Waals surface area contributed by atoms with Crippen LogP contribution < -0.4 is 9.46 Å². The van der Waals surface area contributed by atoms with Crippen LogP contribution >= 0.6 is 11.3 Å². The van der Waals surface area contributed by atoms with Crippen LogP contribution in [0.5, 0.6) is 5.75 Å². The lowest BCUT2D eigenvalue weighted by molar-refractivity contribution is 0.401. The zero-order valence-electron chi connectivity index (χ0n) is 12.2. The van der Waals surface area contributed by atoms with Crippen LogP contribution in [-0.4, -0.2) is 20.7 Å². The molecular formula is C15H14N2O4S2. The van der Waals surface area contributed by atoms with Crippen LogP contribution in [0, 0.1) is 0 Å². The van der Waals surface area contributed by atoms with E-state index in [4.69, 9.17) is 9.26 Å². The third-order valence-electron chi connectivity index (χ3n) is 3.19. The molecule has 23 heavy (non-hydrogen) atoms. The Morgan fingerprint density at radius 2 is 2.17 bits per heavy atom. The van der Waals surface area contributed by atoms with Crippen molar-refractivity contribution in [3.8, 4) is 17.1 Å². The van der Waals surface area contributed by atoms with Gasteiger partial charge in [-0.15, -0.1) is 11.3 Å². The minimum Gasteiger partial charge on any atom is -0.495 e. The third kappa shape index (κ3) is 3.44. The van der Waals surface area contributed by atoms with Gasteiger partial charge in [0.15, 0.2) is 5.76 Å². The van der Waals surface area contributed by atoms with E-state index in [0.717, 1.165) is 4.88 Å². The summed E-state index contributed by atoms with van der Waals surface area (Å²) in [6, 6.07) is 10.2. The maximum Gasteiger partial charge on any atom is 0.244 e. The molecule has 0 fully saturated rings. The number of ether oxygens (including phenoxy) is 1. The summed E-state index contributed by atoms with van der Waals surface area (Å²) in [6.45, 7) is 0.243. The predicted molar refractivity (Wildman–Crippen MR) is 86.8 cm³/mol. The molecule has 0 aliphatic rings. The van der Waals surface area contributed by atoms with Crippen LogP contribution in [0.2, 0.25) is 0 Å². The van der Waals surface area contributed by atoms with E-state index in [-0.39, 0.29) is 17.2 Å². The molecule has 0 aliphatic carbocycles. The highest BCUT2D eigenvalue weighted by Crippen LogP contribution is 2.30. The molecule has 2 heterocycles. The summed E-state index contributed by atoms with van der Waals surface area (Å²) >= 11 is 1.49. The first-order valence-electron chi connectivity index (χ1n) is 6.71. The summed E-state index contributed by atoms with van der Waals surface area (Å²) in [6.07, 6.45) is 1.52. The molecule has 1 aromatic carbocycles. The summed E-state index contributed by atoms with van der Waals surface area (Å²) in [5.41, 5.74) is 0.691. The van der Waals surface area contributed by atoms with Crippen LogP contribution in [0.4, 0.5) is 0 Å². The zero-order valence-corrected chi connectivity index (χ0v) is 13.9. The molecule has 0 bridgehead atoms. The Balaban J connectivity index is 1.89. The van der Waals surface area contributed by atoms with Crippen molar-refractivity contribution in [2.24, 2.45) is 0 Å². The largest absolute Gasteiger partial charge is 0.495 e. The van der Waals surface area contributed by atoms with Crippen molar-refractivity contribution < 1.29 is 17.7 Å². The fourth-order valence-corrected chi connectivity index (χ4v) is 3.96. The quantitative estimate of drug-likeness (QED) is 0.739. The topological polar surface area (TPSA) is 81.4 Å². The van der Waals surface area contributed by atoms with Gasteiger partial charge in [0.1, 0.15) is 10.6 Å². The number of aromatic nitrogens is 1. The molecular weight excluding hydrogens is 336 g/mol. The van der Waals surface area contributed by atoms with Crippen LogP contribution in [-0.2, 0) is 16.6 Å². The maximum absolute atomic E-state index is 12.5. The molecule has 0 aliphatic heterocycles. The second-order valence-electron chi connectivity index (χ2n) is 4.65. The molecule has 0 atom stereocenters. The predicted octanol–water partition coefficient (Wildman–Crippen LogP) is 2.89. The van der Waals surface area contributed by atoms with Crippen molar-refractivity contribution in [3.05, 3.63) is 52.9 Å². The van der Waals surface area contributed by atoms with Gasteiger partial charge in [-0.1, -0.05) is 11.2 Å². The Morgan fingerprint density at radius 1 is 1.30 bits per heavy atom. The van der Waals surface area contributed by atoms with E-state index in [0.29, 0.717) is 11.3 Å². The molecule has 0 spiro atoms. The lowest BCUT2D eigenvalue weighted by atomic mass is 10.1. The van der Waals surface area contributed by atoms with E-state index in [1.165, 1.54) is 30.7 Å². The van der Waals surface area contributed by atoms with E-state index in [9.17, 15) is 8.42 Å². The Bertz CT molecular complexity index is 872. The van der Waals surface area contributed by atoms with Crippen molar-refractivity contribution >= 4 is 21.4 Å². The first-order chi connectivity index (χ1) is 11.1. The van der Waals surface area contributed by atoms with E-state index < -0.39 is 10.0 Å². The number of nitrogens with zero attached hydrogens (tertiary/aromatic N) is 1. The van der Waals surface area contributed by atoms with Gasteiger partial charge in [0.25, 0.3) is 0 Å². The molecule has 0 saturated carbocycles. The smallest absolute Gasteiger partial charge is 0.244 e. The number of thiophene rings is 1. The van der Waals surface area contributed by atoms with Gasteiger partial charge in [-0.3, -0.25) is 0 Å². The Morgan fingerprint density at radius 3 is 2.83 bits per heavy atom. The van der Waals surface area contributed by atoms with E-state index >= 15 is 0 Å². The lowest BCUT2D eigenvalue weighted by Crippen LogP contribution is -2.23. The fourth-order valence-electron chi connectivity index (χ4n) is 2.06. The van der Waals surface area contributed by atoms with Crippen LogP contribution in [0.25, 0.3) is 11.3 Å². The number of methoxy groups -OCH3 is 1. The highest BCUT2D eigenvalue weighted by molar-refractivity contribution is 7.89.